The number of ether oxygens (including phenoxy) is 1. The van der Waals surface area contributed by atoms with Crippen LogP contribution >= 0.6 is 0 Å². The van der Waals surface area contributed by atoms with Gasteiger partial charge in [-0.3, -0.25) is 19.7 Å². The molecule has 3 aliphatic rings. The molecule has 1 saturated heterocycles. The van der Waals surface area contributed by atoms with Crippen molar-refractivity contribution in [2.24, 2.45) is 7.05 Å². The number of rotatable bonds is 3. The summed E-state index contributed by atoms with van der Waals surface area (Å²) in [6.07, 6.45) is 4.61. The van der Waals surface area contributed by atoms with Gasteiger partial charge in [0.05, 0.1) is 12.3 Å². The van der Waals surface area contributed by atoms with Crippen LogP contribution in [-0.4, -0.2) is 44.8 Å². The van der Waals surface area contributed by atoms with Crippen LogP contribution in [0.2, 0.25) is 0 Å². The van der Waals surface area contributed by atoms with E-state index in [0.29, 0.717) is 18.5 Å². The number of carbonyl (C=O) groups is 3. The lowest BCUT2D eigenvalue weighted by Gasteiger charge is -2.29. The smallest absolute Gasteiger partial charge is 0.255 e. The summed E-state index contributed by atoms with van der Waals surface area (Å²) in [4.78, 5) is 43.2. The van der Waals surface area contributed by atoms with Gasteiger partial charge in [-0.15, -0.1) is 0 Å². The Morgan fingerprint density at radius 1 is 1.03 bits per heavy atom. The molecule has 0 saturated carbocycles. The predicted molar refractivity (Wildman–Crippen MR) is 124 cm³/mol. The summed E-state index contributed by atoms with van der Waals surface area (Å²) < 4.78 is 7.74. The fourth-order valence-corrected chi connectivity index (χ4v) is 5.11. The second kappa shape index (κ2) is 7.83. The van der Waals surface area contributed by atoms with Crippen LogP contribution in [0.15, 0.2) is 42.6 Å². The van der Waals surface area contributed by atoms with Gasteiger partial charge in [0.25, 0.3) is 5.91 Å². The average Bonchev–Trinajstić information content (AvgIpc) is 3.38. The number of imide groups is 1. The molecule has 1 unspecified atom stereocenters. The second-order valence-corrected chi connectivity index (χ2v) is 9.11. The van der Waals surface area contributed by atoms with Crippen molar-refractivity contribution in [1.29, 1.82) is 0 Å². The SMILES string of the molecule is Cn1cc(-c2ccc3c(c2)CN(C2CCC(=O)NC2=O)C3=O)nc1-c1ccc2c(c1)CCCO2. The number of nitrogens with zero attached hydrogens (tertiary/aromatic N) is 3. The van der Waals surface area contributed by atoms with Gasteiger partial charge in [0.1, 0.15) is 17.6 Å². The zero-order chi connectivity index (χ0) is 23.4. The first-order chi connectivity index (χ1) is 16.5. The highest BCUT2D eigenvalue weighted by Crippen LogP contribution is 2.33. The van der Waals surface area contributed by atoms with Crippen LogP contribution in [0.5, 0.6) is 5.75 Å². The van der Waals surface area contributed by atoms with Crippen LogP contribution in [0.3, 0.4) is 0 Å². The maximum atomic E-state index is 13.0. The molecule has 3 aliphatic heterocycles. The minimum Gasteiger partial charge on any atom is -0.493 e. The molecule has 3 aromatic rings. The van der Waals surface area contributed by atoms with Gasteiger partial charge < -0.3 is 14.2 Å². The maximum absolute atomic E-state index is 13.0. The van der Waals surface area contributed by atoms with Crippen molar-refractivity contribution in [3.63, 3.8) is 0 Å². The third-order valence-electron chi connectivity index (χ3n) is 6.86. The number of hydrogen-bond donors (Lipinski definition) is 1. The molecule has 8 heteroatoms. The van der Waals surface area contributed by atoms with Crippen molar-refractivity contribution in [2.75, 3.05) is 6.61 Å². The molecule has 1 N–H and O–H groups in total. The molecule has 0 bridgehead atoms. The van der Waals surface area contributed by atoms with Gasteiger partial charge in [-0.2, -0.15) is 0 Å². The van der Waals surface area contributed by atoms with Gasteiger partial charge >= 0.3 is 0 Å². The highest BCUT2D eigenvalue weighted by atomic mass is 16.5. The summed E-state index contributed by atoms with van der Waals surface area (Å²) in [5.74, 6) is 0.958. The van der Waals surface area contributed by atoms with Gasteiger partial charge in [0.15, 0.2) is 0 Å². The zero-order valence-electron chi connectivity index (χ0n) is 18.8. The molecule has 1 aromatic heterocycles. The number of carbonyl (C=O) groups excluding carboxylic acids is 3. The lowest BCUT2D eigenvalue weighted by molar-refractivity contribution is -0.136. The molecule has 2 aromatic carbocycles. The van der Waals surface area contributed by atoms with Crippen LogP contribution in [0, 0.1) is 0 Å². The first-order valence-electron chi connectivity index (χ1n) is 11.6. The van der Waals surface area contributed by atoms with Gasteiger partial charge in [0, 0.05) is 42.9 Å². The molecular formula is C26H24N4O4. The minimum atomic E-state index is -0.615. The summed E-state index contributed by atoms with van der Waals surface area (Å²) in [6.45, 7) is 1.11. The Labute approximate surface area is 196 Å². The van der Waals surface area contributed by atoms with E-state index in [1.165, 1.54) is 5.56 Å². The Morgan fingerprint density at radius 2 is 1.85 bits per heavy atom. The van der Waals surface area contributed by atoms with Crippen molar-refractivity contribution in [3.05, 3.63) is 59.3 Å². The van der Waals surface area contributed by atoms with E-state index in [1.54, 1.807) is 4.90 Å². The summed E-state index contributed by atoms with van der Waals surface area (Å²) in [5.41, 5.74) is 5.45. The van der Waals surface area contributed by atoms with Crippen molar-refractivity contribution in [3.8, 4) is 28.4 Å². The quantitative estimate of drug-likeness (QED) is 0.612. The lowest BCUT2D eigenvalue weighted by Crippen LogP contribution is -2.52. The fourth-order valence-electron chi connectivity index (χ4n) is 5.11. The Kier molecular flexibility index (Phi) is 4.76. The molecule has 34 heavy (non-hydrogen) atoms. The predicted octanol–water partition coefficient (Wildman–Crippen LogP) is 2.84. The molecule has 1 atom stereocenters. The van der Waals surface area contributed by atoms with Gasteiger partial charge in [-0.05, 0) is 60.7 Å². The van der Waals surface area contributed by atoms with Crippen molar-refractivity contribution in [1.82, 2.24) is 19.8 Å². The van der Waals surface area contributed by atoms with E-state index in [2.05, 4.69) is 11.4 Å². The van der Waals surface area contributed by atoms with E-state index < -0.39 is 11.9 Å². The standard InChI is InChI=1S/C26H24N4O4/c1-29-14-20(27-24(29)17-5-8-22-16(12-17)3-2-10-34-22)15-4-6-19-18(11-15)13-30(26(19)33)21-7-9-23(31)28-25(21)32/h4-6,8,11-12,14,21H,2-3,7,9-10,13H2,1H3,(H,28,31,32). The summed E-state index contributed by atoms with van der Waals surface area (Å²) in [6, 6.07) is 11.3. The van der Waals surface area contributed by atoms with Crippen LogP contribution < -0.4 is 10.1 Å². The van der Waals surface area contributed by atoms with E-state index in [1.807, 2.05) is 48.1 Å². The number of aromatic nitrogens is 2. The van der Waals surface area contributed by atoms with Crippen LogP contribution in [0.1, 0.15) is 40.7 Å². The molecule has 0 spiro atoms. The molecule has 0 radical (unpaired) electrons. The summed E-state index contributed by atoms with van der Waals surface area (Å²) in [5, 5.41) is 2.34. The van der Waals surface area contributed by atoms with Gasteiger partial charge in [0.2, 0.25) is 11.8 Å². The Bertz CT molecular complexity index is 1360. The number of benzene rings is 2. The van der Waals surface area contributed by atoms with Crippen LogP contribution in [0.4, 0.5) is 0 Å². The van der Waals surface area contributed by atoms with Gasteiger partial charge in [-0.25, -0.2) is 4.98 Å². The van der Waals surface area contributed by atoms with E-state index in [9.17, 15) is 14.4 Å². The average molecular weight is 457 g/mol. The van der Waals surface area contributed by atoms with Crippen LogP contribution in [-0.2, 0) is 29.6 Å². The minimum absolute atomic E-state index is 0.172. The summed E-state index contributed by atoms with van der Waals surface area (Å²) >= 11 is 0. The number of piperidine rings is 1. The Balaban J connectivity index is 1.28. The van der Waals surface area contributed by atoms with E-state index in [0.717, 1.165) is 53.4 Å². The highest BCUT2D eigenvalue weighted by Gasteiger charge is 2.39. The fraction of sp³-hybridized carbons (Fsp3) is 0.308. The number of imidazole rings is 1. The number of hydrogen-bond acceptors (Lipinski definition) is 5. The third kappa shape index (κ3) is 3.37. The Hall–Kier alpha value is -3.94. The first-order valence-corrected chi connectivity index (χ1v) is 11.6. The Morgan fingerprint density at radius 3 is 2.71 bits per heavy atom. The molecule has 1 fully saturated rings. The third-order valence-corrected chi connectivity index (χ3v) is 6.86. The molecule has 0 aliphatic carbocycles. The second-order valence-electron chi connectivity index (χ2n) is 9.11. The molecule has 4 heterocycles. The molecular weight excluding hydrogens is 432 g/mol. The molecule has 3 amide bonds. The molecule has 6 rings (SSSR count). The van der Waals surface area contributed by atoms with E-state index in [4.69, 9.17) is 9.72 Å². The highest BCUT2D eigenvalue weighted by molar-refractivity contribution is 6.05. The van der Waals surface area contributed by atoms with Crippen molar-refractivity contribution in [2.45, 2.75) is 38.3 Å². The largest absolute Gasteiger partial charge is 0.493 e. The lowest BCUT2D eigenvalue weighted by atomic mass is 10.0. The van der Waals surface area contributed by atoms with Crippen molar-refractivity contribution >= 4 is 17.7 Å². The molecule has 172 valence electrons. The number of fused-ring (bicyclic) bond motifs is 2. The number of nitrogens with one attached hydrogen (secondary N) is 1. The first kappa shape index (κ1) is 20.7. The normalized spacial score (nSPS) is 19.5. The monoisotopic (exact) mass is 456 g/mol. The summed E-state index contributed by atoms with van der Waals surface area (Å²) in [7, 11) is 1.98. The topological polar surface area (TPSA) is 93.5 Å². The molecule has 8 nitrogen and oxygen atoms in total. The maximum Gasteiger partial charge on any atom is 0.255 e. The van der Waals surface area contributed by atoms with Crippen LogP contribution in [0.25, 0.3) is 22.6 Å². The van der Waals surface area contributed by atoms with E-state index in [-0.39, 0.29) is 18.2 Å². The number of aryl methyl sites for hydroxylation is 2. The van der Waals surface area contributed by atoms with Gasteiger partial charge in [-0.1, -0.05) is 6.07 Å². The zero-order valence-corrected chi connectivity index (χ0v) is 18.8. The van der Waals surface area contributed by atoms with Crippen molar-refractivity contribution < 1.29 is 19.1 Å². The number of amides is 3. The van der Waals surface area contributed by atoms with E-state index >= 15 is 0 Å².